The van der Waals surface area contributed by atoms with Gasteiger partial charge in [0.25, 0.3) is 5.91 Å². The van der Waals surface area contributed by atoms with Crippen molar-refractivity contribution >= 4 is 69.6 Å². The van der Waals surface area contributed by atoms with E-state index in [0.29, 0.717) is 31.9 Å². The molecule has 8 heteroatoms. The molecule has 0 saturated carbocycles. The molecule has 0 unspecified atom stereocenters. The molecular formula is C16H12Cl5NO2. The fourth-order valence-corrected chi connectivity index (χ4v) is 3.07. The predicted molar refractivity (Wildman–Crippen MR) is 102 cm³/mol. The molecule has 0 radical (unpaired) electrons. The predicted octanol–water partition coefficient (Wildman–Crippen LogP) is 6.59. The quantitative estimate of drug-likeness (QED) is 0.598. The standard InChI is InChI=1S/C16H12Cl5NO2/c1-7-13(19)8(2)15(21)16(14(7)20)24-6-12(23)22-9-3-4-10(17)11(18)5-9/h3-5H,6H2,1-2H3,(H,22,23). The van der Waals surface area contributed by atoms with Crippen LogP contribution in [0.1, 0.15) is 11.1 Å². The summed E-state index contributed by atoms with van der Waals surface area (Å²) in [4.78, 5) is 12.0. The average molecular weight is 428 g/mol. The molecule has 0 atom stereocenters. The highest BCUT2D eigenvalue weighted by Gasteiger charge is 2.18. The van der Waals surface area contributed by atoms with Crippen molar-refractivity contribution in [3.05, 3.63) is 54.4 Å². The zero-order valence-corrected chi connectivity index (χ0v) is 16.4. The Hall–Kier alpha value is -0.840. The number of carbonyl (C=O) groups excluding carboxylic acids is 1. The molecule has 2 rings (SSSR count). The number of rotatable bonds is 4. The van der Waals surface area contributed by atoms with E-state index in [4.69, 9.17) is 62.7 Å². The van der Waals surface area contributed by atoms with Crippen molar-refractivity contribution in [1.29, 1.82) is 0 Å². The summed E-state index contributed by atoms with van der Waals surface area (Å²) in [5.41, 5.74) is 1.78. The maximum atomic E-state index is 12.0. The Bertz CT molecular complexity index is 779. The molecule has 3 nitrogen and oxygen atoms in total. The first-order valence-corrected chi connectivity index (χ1v) is 8.62. The first kappa shape index (κ1) is 19.5. The lowest BCUT2D eigenvalue weighted by molar-refractivity contribution is -0.118. The summed E-state index contributed by atoms with van der Waals surface area (Å²) in [5, 5.41) is 4.40. The summed E-state index contributed by atoms with van der Waals surface area (Å²) in [5.74, 6) is -0.173. The van der Waals surface area contributed by atoms with Crippen LogP contribution in [-0.4, -0.2) is 12.5 Å². The van der Waals surface area contributed by atoms with Gasteiger partial charge in [-0.15, -0.1) is 0 Å². The van der Waals surface area contributed by atoms with Crippen LogP contribution < -0.4 is 10.1 Å². The second-order valence-corrected chi connectivity index (χ2v) is 6.94. The second kappa shape index (κ2) is 8.03. The largest absolute Gasteiger partial charge is 0.481 e. The highest BCUT2D eigenvalue weighted by Crippen LogP contribution is 2.42. The summed E-state index contributed by atoms with van der Waals surface area (Å²) in [6.07, 6.45) is 0. The Morgan fingerprint density at radius 1 is 0.958 bits per heavy atom. The monoisotopic (exact) mass is 425 g/mol. The summed E-state index contributed by atoms with van der Waals surface area (Å²) in [6.45, 7) is 3.22. The number of amides is 1. The first-order valence-electron chi connectivity index (χ1n) is 6.73. The van der Waals surface area contributed by atoms with Gasteiger partial charge < -0.3 is 10.1 Å². The molecular weight excluding hydrogens is 415 g/mol. The normalized spacial score (nSPS) is 10.6. The number of halogens is 5. The maximum Gasteiger partial charge on any atom is 0.262 e. The van der Waals surface area contributed by atoms with E-state index in [1.807, 2.05) is 0 Å². The molecule has 0 aromatic heterocycles. The number of nitrogens with one attached hydrogen (secondary N) is 1. The molecule has 24 heavy (non-hydrogen) atoms. The number of hydrogen-bond donors (Lipinski definition) is 1. The third-order valence-corrected chi connectivity index (χ3v) is 5.48. The number of carbonyl (C=O) groups is 1. The van der Waals surface area contributed by atoms with Gasteiger partial charge in [0.1, 0.15) is 0 Å². The number of hydrogen-bond acceptors (Lipinski definition) is 2. The van der Waals surface area contributed by atoms with E-state index >= 15 is 0 Å². The van der Waals surface area contributed by atoms with Gasteiger partial charge >= 0.3 is 0 Å². The van der Waals surface area contributed by atoms with Gasteiger partial charge in [0, 0.05) is 10.7 Å². The summed E-state index contributed by atoms with van der Waals surface area (Å²) in [6, 6.07) is 4.75. The fraction of sp³-hybridized carbons (Fsp3) is 0.188. The molecule has 0 aliphatic heterocycles. The Balaban J connectivity index is 2.11. The van der Waals surface area contributed by atoms with Crippen molar-refractivity contribution < 1.29 is 9.53 Å². The van der Waals surface area contributed by atoms with Gasteiger partial charge in [-0.2, -0.15) is 0 Å². The van der Waals surface area contributed by atoms with Gasteiger partial charge in [-0.05, 0) is 43.2 Å². The lowest BCUT2D eigenvalue weighted by Crippen LogP contribution is -2.20. The van der Waals surface area contributed by atoms with E-state index in [1.165, 1.54) is 0 Å². The van der Waals surface area contributed by atoms with E-state index in [1.54, 1.807) is 32.0 Å². The SMILES string of the molecule is Cc1c(Cl)c(C)c(Cl)c(OCC(=O)Nc2ccc(Cl)c(Cl)c2)c1Cl. The van der Waals surface area contributed by atoms with Gasteiger partial charge in [0.15, 0.2) is 12.4 Å². The average Bonchev–Trinajstić information content (AvgIpc) is 2.54. The van der Waals surface area contributed by atoms with Crippen molar-refractivity contribution in [2.24, 2.45) is 0 Å². The van der Waals surface area contributed by atoms with Crippen LogP contribution in [0, 0.1) is 13.8 Å². The Kier molecular flexibility index (Phi) is 6.52. The zero-order valence-electron chi connectivity index (χ0n) is 12.6. The van der Waals surface area contributed by atoms with Gasteiger partial charge in [-0.1, -0.05) is 58.0 Å². The molecule has 1 amide bonds. The van der Waals surface area contributed by atoms with Crippen LogP contribution in [-0.2, 0) is 4.79 Å². The highest BCUT2D eigenvalue weighted by atomic mass is 35.5. The van der Waals surface area contributed by atoms with Crippen LogP contribution in [0.15, 0.2) is 18.2 Å². The molecule has 2 aromatic rings. The number of anilines is 1. The van der Waals surface area contributed by atoms with Crippen LogP contribution >= 0.6 is 58.0 Å². The fourth-order valence-electron chi connectivity index (χ4n) is 1.95. The molecule has 0 aliphatic rings. The smallest absolute Gasteiger partial charge is 0.262 e. The van der Waals surface area contributed by atoms with Crippen LogP contribution in [0.5, 0.6) is 5.75 Å². The summed E-state index contributed by atoms with van der Waals surface area (Å²) in [7, 11) is 0. The molecule has 0 saturated heterocycles. The lowest BCUT2D eigenvalue weighted by atomic mass is 10.1. The van der Waals surface area contributed by atoms with Crippen LogP contribution in [0.2, 0.25) is 25.1 Å². The Morgan fingerprint density at radius 2 is 1.54 bits per heavy atom. The highest BCUT2D eigenvalue weighted by molar-refractivity contribution is 6.42. The van der Waals surface area contributed by atoms with Gasteiger partial charge in [-0.3, -0.25) is 4.79 Å². The molecule has 128 valence electrons. The molecule has 1 N–H and O–H groups in total. The second-order valence-electron chi connectivity index (χ2n) is 4.99. The lowest BCUT2D eigenvalue weighted by Gasteiger charge is -2.15. The maximum absolute atomic E-state index is 12.0. The van der Waals surface area contributed by atoms with Crippen LogP contribution in [0.3, 0.4) is 0 Å². The third kappa shape index (κ3) is 4.22. The summed E-state index contributed by atoms with van der Waals surface area (Å²) >= 11 is 30.3. The van der Waals surface area contributed by atoms with Crippen molar-refractivity contribution in [1.82, 2.24) is 0 Å². The molecule has 0 bridgehead atoms. The zero-order chi connectivity index (χ0) is 18.0. The minimum absolute atomic E-state index is 0.224. The van der Waals surface area contributed by atoms with Gasteiger partial charge in [-0.25, -0.2) is 0 Å². The van der Waals surface area contributed by atoms with Crippen LogP contribution in [0.4, 0.5) is 5.69 Å². The topological polar surface area (TPSA) is 38.3 Å². The molecule has 2 aromatic carbocycles. The van der Waals surface area contributed by atoms with E-state index in [-0.39, 0.29) is 22.4 Å². The summed E-state index contributed by atoms with van der Waals surface area (Å²) < 4.78 is 5.48. The first-order chi connectivity index (χ1) is 11.2. The van der Waals surface area contributed by atoms with E-state index in [0.717, 1.165) is 0 Å². The molecule has 0 aliphatic carbocycles. The number of benzene rings is 2. The van der Waals surface area contributed by atoms with Crippen LogP contribution in [0.25, 0.3) is 0 Å². The van der Waals surface area contributed by atoms with E-state index in [2.05, 4.69) is 5.32 Å². The van der Waals surface area contributed by atoms with Crippen molar-refractivity contribution in [3.8, 4) is 5.75 Å². The third-order valence-electron chi connectivity index (χ3n) is 3.27. The van der Waals surface area contributed by atoms with Gasteiger partial charge in [0.2, 0.25) is 0 Å². The Labute approximate surface area is 164 Å². The Morgan fingerprint density at radius 3 is 2.08 bits per heavy atom. The van der Waals surface area contributed by atoms with Crippen molar-refractivity contribution in [2.45, 2.75) is 13.8 Å². The minimum Gasteiger partial charge on any atom is -0.481 e. The van der Waals surface area contributed by atoms with E-state index in [9.17, 15) is 4.79 Å². The minimum atomic E-state index is -0.397. The molecule has 0 spiro atoms. The molecule has 0 heterocycles. The van der Waals surface area contributed by atoms with E-state index < -0.39 is 5.91 Å². The molecule has 0 fully saturated rings. The number of ether oxygens (including phenoxy) is 1. The van der Waals surface area contributed by atoms with Crippen molar-refractivity contribution in [2.75, 3.05) is 11.9 Å². The van der Waals surface area contributed by atoms with Crippen molar-refractivity contribution in [3.63, 3.8) is 0 Å². The van der Waals surface area contributed by atoms with Gasteiger partial charge in [0.05, 0.1) is 20.1 Å².